The van der Waals surface area contributed by atoms with Crippen LogP contribution >= 0.6 is 11.8 Å². The van der Waals surface area contributed by atoms with Crippen molar-refractivity contribution in [1.82, 2.24) is 10.2 Å². The molecule has 19 heavy (non-hydrogen) atoms. The Hall–Kier alpha value is -1.24. The molecule has 1 aliphatic rings. The topological polar surface area (TPSA) is 86.7 Å². The van der Waals surface area contributed by atoms with E-state index in [0.29, 0.717) is 13.1 Å². The molecule has 1 aliphatic heterocycles. The van der Waals surface area contributed by atoms with Gasteiger partial charge in [0.2, 0.25) is 5.91 Å². The van der Waals surface area contributed by atoms with Crippen molar-refractivity contribution < 1.29 is 19.5 Å². The predicted octanol–water partition coefficient (Wildman–Crippen LogP) is 1.16. The summed E-state index contributed by atoms with van der Waals surface area (Å²) in [4.78, 5) is 35.8. The number of thioether (sulfide) groups is 1. The first-order valence-electron chi connectivity index (χ1n) is 6.15. The molecule has 1 rings (SSSR count). The van der Waals surface area contributed by atoms with Crippen molar-refractivity contribution in [2.75, 3.05) is 18.8 Å². The van der Waals surface area contributed by atoms with Gasteiger partial charge in [0.05, 0.1) is 0 Å². The Morgan fingerprint density at radius 3 is 2.53 bits per heavy atom. The maximum Gasteiger partial charge on any atom is 0.326 e. The molecule has 1 fully saturated rings. The summed E-state index contributed by atoms with van der Waals surface area (Å²) in [5.74, 6) is -0.638. The Morgan fingerprint density at radius 1 is 1.47 bits per heavy atom. The van der Waals surface area contributed by atoms with Gasteiger partial charge in [-0.2, -0.15) is 0 Å². The second kappa shape index (κ2) is 6.27. The van der Waals surface area contributed by atoms with E-state index in [2.05, 4.69) is 5.32 Å². The highest BCUT2D eigenvalue weighted by Gasteiger charge is 2.32. The van der Waals surface area contributed by atoms with Crippen LogP contribution in [0.25, 0.3) is 0 Å². The second-order valence-corrected chi connectivity index (χ2v) is 6.60. The highest BCUT2D eigenvalue weighted by molar-refractivity contribution is 8.13. The summed E-state index contributed by atoms with van der Waals surface area (Å²) in [6.07, 6.45) is 0.131. The average Bonchev–Trinajstić information content (AvgIpc) is 2.67. The molecule has 1 heterocycles. The van der Waals surface area contributed by atoms with Crippen molar-refractivity contribution in [3.05, 3.63) is 0 Å². The Balaban J connectivity index is 2.45. The first-order valence-corrected chi connectivity index (χ1v) is 7.14. The van der Waals surface area contributed by atoms with E-state index in [0.717, 1.165) is 5.75 Å². The minimum atomic E-state index is -1.05. The molecule has 7 heteroatoms. The maximum absolute atomic E-state index is 11.7. The highest BCUT2D eigenvalue weighted by Crippen LogP contribution is 2.20. The first kappa shape index (κ1) is 15.8. The van der Waals surface area contributed by atoms with E-state index < -0.39 is 17.4 Å². The largest absolute Gasteiger partial charge is 0.480 e. The van der Waals surface area contributed by atoms with Crippen molar-refractivity contribution >= 4 is 28.9 Å². The van der Waals surface area contributed by atoms with Crippen LogP contribution in [0.2, 0.25) is 0 Å². The molecule has 0 aliphatic carbocycles. The molecule has 0 unspecified atom stereocenters. The van der Waals surface area contributed by atoms with E-state index in [1.54, 1.807) is 25.7 Å². The van der Waals surface area contributed by atoms with E-state index in [1.165, 1.54) is 11.8 Å². The van der Waals surface area contributed by atoms with Crippen molar-refractivity contribution in [3.8, 4) is 0 Å². The fourth-order valence-electron chi connectivity index (χ4n) is 1.75. The van der Waals surface area contributed by atoms with Crippen molar-refractivity contribution in [3.63, 3.8) is 0 Å². The number of aliphatic carboxylic acids is 1. The number of carbonyl (C=O) groups is 3. The van der Waals surface area contributed by atoms with Gasteiger partial charge in [0, 0.05) is 25.3 Å². The lowest BCUT2D eigenvalue weighted by atomic mass is 9.86. The van der Waals surface area contributed by atoms with E-state index >= 15 is 0 Å². The predicted molar refractivity (Wildman–Crippen MR) is 73.1 cm³/mol. The standard InChI is InChI=1S/C12H20N2O4S/c1-12(2,3)9(10(16)17)13-8(15)4-5-14-6-7-19-11(14)18/h9H,4-7H2,1-3H3,(H,13,15)(H,16,17)/t9-/m1/s1. The van der Waals surface area contributed by atoms with E-state index in [1.807, 2.05) is 0 Å². The molecule has 6 nitrogen and oxygen atoms in total. The van der Waals surface area contributed by atoms with Gasteiger partial charge in [0.25, 0.3) is 5.24 Å². The lowest BCUT2D eigenvalue weighted by Gasteiger charge is -2.28. The van der Waals surface area contributed by atoms with Crippen molar-refractivity contribution in [2.24, 2.45) is 5.41 Å². The van der Waals surface area contributed by atoms with Gasteiger partial charge in [-0.05, 0) is 5.41 Å². The maximum atomic E-state index is 11.7. The summed E-state index contributed by atoms with van der Waals surface area (Å²) < 4.78 is 0. The summed E-state index contributed by atoms with van der Waals surface area (Å²) in [5, 5.41) is 11.6. The number of carboxylic acid groups (broad SMARTS) is 1. The third-order valence-electron chi connectivity index (χ3n) is 2.87. The Kier molecular flexibility index (Phi) is 5.22. The molecular weight excluding hydrogens is 268 g/mol. The lowest BCUT2D eigenvalue weighted by molar-refractivity contribution is -0.145. The van der Waals surface area contributed by atoms with Gasteiger partial charge >= 0.3 is 5.97 Å². The Labute approximate surface area is 116 Å². The zero-order valence-corrected chi connectivity index (χ0v) is 12.2. The zero-order chi connectivity index (χ0) is 14.6. The Bertz CT molecular complexity index is 378. The molecule has 2 N–H and O–H groups in total. The van der Waals surface area contributed by atoms with Gasteiger partial charge in [-0.15, -0.1) is 0 Å². The molecule has 0 aromatic carbocycles. The fourth-order valence-corrected chi connectivity index (χ4v) is 2.60. The molecule has 0 saturated carbocycles. The number of carbonyl (C=O) groups excluding carboxylic acids is 2. The van der Waals surface area contributed by atoms with Crippen molar-refractivity contribution in [1.29, 1.82) is 0 Å². The van der Waals surface area contributed by atoms with Gasteiger partial charge in [0.1, 0.15) is 6.04 Å². The van der Waals surface area contributed by atoms with Gasteiger partial charge in [-0.1, -0.05) is 32.5 Å². The fraction of sp³-hybridized carbons (Fsp3) is 0.750. The van der Waals surface area contributed by atoms with E-state index in [9.17, 15) is 14.4 Å². The van der Waals surface area contributed by atoms with Crippen LogP contribution in [0.1, 0.15) is 27.2 Å². The summed E-state index contributed by atoms with van der Waals surface area (Å²) in [6, 6.07) is -0.927. The van der Waals surface area contributed by atoms with Crippen LogP contribution in [0, 0.1) is 5.41 Å². The van der Waals surface area contributed by atoms with Gasteiger partial charge in [-0.3, -0.25) is 9.59 Å². The molecule has 0 aromatic rings. The molecule has 108 valence electrons. The third-order valence-corrected chi connectivity index (χ3v) is 3.76. The molecule has 0 radical (unpaired) electrons. The van der Waals surface area contributed by atoms with Crippen LogP contribution in [0.5, 0.6) is 0 Å². The average molecular weight is 288 g/mol. The highest BCUT2D eigenvalue weighted by atomic mass is 32.2. The van der Waals surface area contributed by atoms with Crippen molar-refractivity contribution in [2.45, 2.75) is 33.2 Å². The molecule has 0 bridgehead atoms. The quantitative estimate of drug-likeness (QED) is 0.792. The van der Waals surface area contributed by atoms with E-state index in [-0.39, 0.29) is 17.6 Å². The van der Waals surface area contributed by atoms with Crippen LogP contribution in [-0.2, 0) is 9.59 Å². The van der Waals surface area contributed by atoms with Crippen LogP contribution in [0.15, 0.2) is 0 Å². The van der Waals surface area contributed by atoms with Crippen LogP contribution < -0.4 is 5.32 Å². The minimum Gasteiger partial charge on any atom is -0.480 e. The molecular formula is C12H20N2O4S. The monoisotopic (exact) mass is 288 g/mol. The normalized spacial score (nSPS) is 17.4. The zero-order valence-electron chi connectivity index (χ0n) is 11.4. The van der Waals surface area contributed by atoms with Crippen LogP contribution in [0.4, 0.5) is 4.79 Å². The van der Waals surface area contributed by atoms with E-state index in [4.69, 9.17) is 5.11 Å². The SMILES string of the molecule is CC(C)(C)[C@H](NC(=O)CCN1CCSC1=O)C(=O)O. The van der Waals surface area contributed by atoms with Gasteiger partial charge < -0.3 is 15.3 Å². The molecule has 0 spiro atoms. The number of hydrogen-bond acceptors (Lipinski definition) is 4. The van der Waals surface area contributed by atoms with Crippen LogP contribution in [-0.4, -0.2) is 52.0 Å². The first-order chi connectivity index (χ1) is 8.71. The summed E-state index contributed by atoms with van der Waals surface area (Å²) >= 11 is 1.24. The summed E-state index contributed by atoms with van der Waals surface area (Å²) in [5.41, 5.74) is -0.555. The minimum absolute atomic E-state index is 0.0154. The number of hydrogen-bond donors (Lipinski definition) is 2. The van der Waals surface area contributed by atoms with Gasteiger partial charge in [0.15, 0.2) is 0 Å². The molecule has 1 atom stereocenters. The molecule has 2 amide bonds. The van der Waals surface area contributed by atoms with Crippen LogP contribution in [0.3, 0.4) is 0 Å². The number of amides is 2. The second-order valence-electron chi connectivity index (χ2n) is 5.56. The summed E-state index contributed by atoms with van der Waals surface area (Å²) in [6.45, 7) is 6.26. The Morgan fingerprint density at radius 2 is 2.11 bits per heavy atom. The number of carboxylic acids is 1. The lowest BCUT2D eigenvalue weighted by Crippen LogP contribution is -2.49. The number of rotatable bonds is 5. The molecule has 1 saturated heterocycles. The van der Waals surface area contributed by atoms with Gasteiger partial charge in [-0.25, -0.2) is 4.79 Å². The molecule has 0 aromatic heterocycles. The summed E-state index contributed by atoms with van der Waals surface area (Å²) in [7, 11) is 0. The number of nitrogens with zero attached hydrogens (tertiary/aromatic N) is 1. The third kappa shape index (κ3) is 4.74. The smallest absolute Gasteiger partial charge is 0.326 e. The number of nitrogens with one attached hydrogen (secondary N) is 1.